The fourth-order valence-electron chi connectivity index (χ4n) is 3.33. The van der Waals surface area contributed by atoms with Crippen molar-refractivity contribution in [1.29, 1.82) is 0 Å². The van der Waals surface area contributed by atoms with Crippen molar-refractivity contribution < 1.29 is 4.79 Å². The predicted molar refractivity (Wildman–Crippen MR) is 121 cm³/mol. The molecule has 0 spiro atoms. The Kier molecular flexibility index (Phi) is 7.40. The van der Waals surface area contributed by atoms with Crippen LogP contribution in [-0.4, -0.2) is 21.9 Å². The Labute approximate surface area is 182 Å². The molecule has 1 amide bonds. The molecule has 3 rings (SSSR count). The third-order valence-corrected chi connectivity index (χ3v) is 5.85. The zero-order valence-corrected chi connectivity index (χ0v) is 18.4. The van der Waals surface area contributed by atoms with Crippen LogP contribution in [0.3, 0.4) is 0 Å². The van der Waals surface area contributed by atoms with Crippen LogP contribution in [0.1, 0.15) is 46.9 Å². The maximum atomic E-state index is 13.2. The first-order valence-electron chi connectivity index (χ1n) is 9.92. The lowest BCUT2D eigenvalue weighted by Crippen LogP contribution is -2.32. The van der Waals surface area contributed by atoms with Crippen LogP contribution in [0.4, 0.5) is 0 Å². The van der Waals surface area contributed by atoms with Gasteiger partial charge in [-0.3, -0.25) is 4.79 Å². The van der Waals surface area contributed by atoms with Gasteiger partial charge in [-0.2, -0.15) is 0 Å². The quantitative estimate of drug-likeness (QED) is 0.396. The molecule has 0 aliphatic carbocycles. The monoisotopic (exact) mass is 428 g/mol. The van der Waals surface area contributed by atoms with Gasteiger partial charge in [0.15, 0.2) is 0 Å². The standard InChI is InChI=1S/C24H26Cl2N2O/c1-3-4-13-28(24(29)19-11-12-22(25)23(26)15-19)17-21-10-7-14-27(21)16-20-9-6-5-8-18(20)2/h5-12,14-15H,3-4,13,16-17H2,1-2H3. The molecule has 0 fully saturated rings. The summed E-state index contributed by atoms with van der Waals surface area (Å²) < 4.78 is 2.21. The highest BCUT2D eigenvalue weighted by atomic mass is 35.5. The van der Waals surface area contributed by atoms with Gasteiger partial charge in [0.05, 0.1) is 16.6 Å². The van der Waals surface area contributed by atoms with Crippen LogP contribution in [0.25, 0.3) is 0 Å². The van der Waals surface area contributed by atoms with Crippen LogP contribution in [0.5, 0.6) is 0 Å². The minimum atomic E-state index is -0.0272. The van der Waals surface area contributed by atoms with Gasteiger partial charge in [-0.15, -0.1) is 0 Å². The number of hydrogen-bond donors (Lipinski definition) is 0. The molecule has 0 atom stereocenters. The number of hydrogen-bond acceptors (Lipinski definition) is 1. The van der Waals surface area contributed by atoms with Gasteiger partial charge < -0.3 is 9.47 Å². The van der Waals surface area contributed by atoms with Gasteiger partial charge in [-0.05, 0) is 54.8 Å². The molecular formula is C24H26Cl2N2O. The van der Waals surface area contributed by atoms with E-state index in [4.69, 9.17) is 23.2 Å². The molecule has 0 aliphatic heterocycles. The Morgan fingerprint density at radius 1 is 1.03 bits per heavy atom. The van der Waals surface area contributed by atoms with E-state index in [1.54, 1.807) is 18.2 Å². The Morgan fingerprint density at radius 2 is 1.83 bits per heavy atom. The number of benzene rings is 2. The molecule has 152 valence electrons. The Morgan fingerprint density at radius 3 is 2.55 bits per heavy atom. The first kappa shape index (κ1) is 21.5. The molecule has 3 aromatic rings. The molecular weight excluding hydrogens is 403 g/mol. The fraction of sp³-hybridized carbons (Fsp3) is 0.292. The molecule has 3 nitrogen and oxygen atoms in total. The fourth-order valence-corrected chi connectivity index (χ4v) is 3.63. The maximum Gasteiger partial charge on any atom is 0.254 e. The summed E-state index contributed by atoms with van der Waals surface area (Å²) in [5.74, 6) is -0.0272. The van der Waals surface area contributed by atoms with E-state index in [1.165, 1.54) is 11.1 Å². The number of carbonyl (C=O) groups is 1. The molecule has 0 radical (unpaired) electrons. The number of aryl methyl sites for hydroxylation is 1. The summed E-state index contributed by atoms with van der Waals surface area (Å²) >= 11 is 12.1. The van der Waals surface area contributed by atoms with E-state index in [0.29, 0.717) is 28.7 Å². The average Bonchev–Trinajstić information content (AvgIpc) is 3.15. The van der Waals surface area contributed by atoms with Crippen LogP contribution in [0, 0.1) is 6.92 Å². The van der Waals surface area contributed by atoms with E-state index in [-0.39, 0.29) is 5.91 Å². The molecule has 1 aromatic heterocycles. The van der Waals surface area contributed by atoms with Crippen LogP contribution in [-0.2, 0) is 13.1 Å². The molecule has 29 heavy (non-hydrogen) atoms. The van der Waals surface area contributed by atoms with E-state index in [9.17, 15) is 4.79 Å². The summed E-state index contributed by atoms with van der Waals surface area (Å²) in [5.41, 5.74) is 4.22. The van der Waals surface area contributed by atoms with Crippen LogP contribution >= 0.6 is 23.2 Å². The molecule has 0 saturated carbocycles. The van der Waals surface area contributed by atoms with Crippen molar-refractivity contribution in [1.82, 2.24) is 9.47 Å². The first-order valence-corrected chi connectivity index (χ1v) is 10.7. The minimum Gasteiger partial charge on any atom is -0.345 e. The van der Waals surface area contributed by atoms with Crippen molar-refractivity contribution in [3.05, 3.63) is 93.2 Å². The summed E-state index contributed by atoms with van der Waals surface area (Å²) in [4.78, 5) is 15.1. The topological polar surface area (TPSA) is 25.2 Å². The number of rotatable bonds is 8. The van der Waals surface area contributed by atoms with Crippen molar-refractivity contribution in [3.8, 4) is 0 Å². The zero-order valence-electron chi connectivity index (χ0n) is 16.9. The molecule has 0 aliphatic rings. The number of halogens is 2. The van der Waals surface area contributed by atoms with Crippen molar-refractivity contribution in [2.24, 2.45) is 0 Å². The smallest absolute Gasteiger partial charge is 0.254 e. The number of carbonyl (C=O) groups excluding carboxylic acids is 1. The van der Waals surface area contributed by atoms with E-state index >= 15 is 0 Å². The van der Waals surface area contributed by atoms with Crippen molar-refractivity contribution >= 4 is 29.1 Å². The van der Waals surface area contributed by atoms with E-state index < -0.39 is 0 Å². The highest BCUT2D eigenvalue weighted by molar-refractivity contribution is 6.42. The lowest BCUT2D eigenvalue weighted by atomic mass is 10.1. The molecule has 2 aromatic carbocycles. The van der Waals surface area contributed by atoms with Crippen molar-refractivity contribution in [2.45, 2.75) is 39.8 Å². The van der Waals surface area contributed by atoms with Gasteiger partial charge in [0, 0.05) is 30.5 Å². The largest absolute Gasteiger partial charge is 0.345 e. The van der Waals surface area contributed by atoms with Crippen LogP contribution < -0.4 is 0 Å². The van der Waals surface area contributed by atoms with Gasteiger partial charge in [0.2, 0.25) is 0 Å². The van der Waals surface area contributed by atoms with E-state index in [0.717, 1.165) is 25.1 Å². The molecule has 5 heteroatoms. The van der Waals surface area contributed by atoms with Gasteiger partial charge in [0.1, 0.15) is 0 Å². The molecule has 0 saturated heterocycles. The third kappa shape index (κ3) is 5.43. The first-order chi connectivity index (χ1) is 14.0. The maximum absolute atomic E-state index is 13.2. The second-order valence-corrected chi connectivity index (χ2v) is 8.08. The van der Waals surface area contributed by atoms with Crippen LogP contribution in [0.15, 0.2) is 60.8 Å². The normalized spacial score (nSPS) is 10.9. The summed E-state index contributed by atoms with van der Waals surface area (Å²) in [6, 6.07) is 17.6. The second-order valence-electron chi connectivity index (χ2n) is 7.26. The van der Waals surface area contributed by atoms with Gasteiger partial charge >= 0.3 is 0 Å². The van der Waals surface area contributed by atoms with E-state index in [2.05, 4.69) is 54.9 Å². The Bertz CT molecular complexity index is 981. The second kappa shape index (κ2) is 10.00. The van der Waals surface area contributed by atoms with Gasteiger partial charge in [-0.1, -0.05) is 60.8 Å². The Hall–Kier alpha value is -2.23. The van der Waals surface area contributed by atoms with Crippen LogP contribution in [0.2, 0.25) is 10.0 Å². The highest BCUT2D eigenvalue weighted by Crippen LogP contribution is 2.24. The van der Waals surface area contributed by atoms with Crippen molar-refractivity contribution in [2.75, 3.05) is 6.54 Å². The highest BCUT2D eigenvalue weighted by Gasteiger charge is 2.18. The molecule has 1 heterocycles. The summed E-state index contributed by atoms with van der Waals surface area (Å²) in [6.45, 7) is 6.29. The number of unbranched alkanes of at least 4 members (excludes halogenated alkanes) is 1. The molecule has 0 unspecified atom stereocenters. The lowest BCUT2D eigenvalue weighted by molar-refractivity contribution is 0.0737. The minimum absolute atomic E-state index is 0.0272. The number of amides is 1. The number of aromatic nitrogens is 1. The van der Waals surface area contributed by atoms with Gasteiger partial charge in [0.25, 0.3) is 5.91 Å². The average molecular weight is 429 g/mol. The summed E-state index contributed by atoms with van der Waals surface area (Å²) in [6.07, 6.45) is 4.05. The Balaban J connectivity index is 1.82. The zero-order chi connectivity index (χ0) is 20.8. The predicted octanol–water partition coefficient (Wildman–Crippen LogP) is 6.59. The lowest BCUT2D eigenvalue weighted by Gasteiger charge is -2.24. The number of nitrogens with zero attached hydrogens (tertiary/aromatic N) is 2. The molecule has 0 bridgehead atoms. The third-order valence-electron chi connectivity index (χ3n) is 5.11. The van der Waals surface area contributed by atoms with Gasteiger partial charge in [-0.25, -0.2) is 0 Å². The van der Waals surface area contributed by atoms with Crippen molar-refractivity contribution in [3.63, 3.8) is 0 Å². The van der Waals surface area contributed by atoms with E-state index in [1.807, 2.05) is 11.0 Å². The summed E-state index contributed by atoms with van der Waals surface area (Å²) in [5, 5.41) is 0.853. The SMILES string of the molecule is CCCCN(Cc1cccn1Cc1ccccc1C)C(=O)c1ccc(Cl)c(Cl)c1. The molecule has 0 N–H and O–H groups in total. The summed E-state index contributed by atoms with van der Waals surface area (Å²) in [7, 11) is 0.